The third-order valence-corrected chi connectivity index (χ3v) is 8.81. The van der Waals surface area contributed by atoms with Crippen LogP contribution in [0.2, 0.25) is 10.0 Å². The first-order chi connectivity index (χ1) is 13.1. The highest BCUT2D eigenvalue weighted by molar-refractivity contribution is 7.96. The SMILES string of the molecule is Clc1ccc(CSN2CCC3CCC4(CCC4)c4cccc(c43)C2)cc1Cl. The first-order valence-electron chi connectivity index (χ1n) is 10.1. The maximum Gasteiger partial charge on any atom is 0.0595 e. The number of benzene rings is 2. The molecular formula is C23H25Cl2NS. The zero-order chi connectivity index (χ0) is 18.4. The van der Waals surface area contributed by atoms with Gasteiger partial charge in [-0.15, -0.1) is 0 Å². The van der Waals surface area contributed by atoms with Crippen molar-refractivity contribution in [2.24, 2.45) is 0 Å². The van der Waals surface area contributed by atoms with Crippen molar-refractivity contribution in [2.75, 3.05) is 6.54 Å². The van der Waals surface area contributed by atoms with E-state index in [-0.39, 0.29) is 0 Å². The van der Waals surface area contributed by atoms with E-state index in [1.165, 1.54) is 44.1 Å². The van der Waals surface area contributed by atoms with E-state index in [1.54, 1.807) is 16.7 Å². The van der Waals surface area contributed by atoms with Crippen molar-refractivity contribution in [1.29, 1.82) is 0 Å². The molecule has 0 bridgehead atoms. The number of hydrogen-bond acceptors (Lipinski definition) is 2. The fourth-order valence-corrected chi connectivity index (χ4v) is 6.61. The first kappa shape index (κ1) is 18.4. The molecule has 1 saturated carbocycles. The van der Waals surface area contributed by atoms with E-state index in [1.807, 2.05) is 24.1 Å². The number of halogens is 2. The quantitative estimate of drug-likeness (QED) is 0.480. The zero-order valence-corrected chi connectivity index (χ0v) is 17.8. The molecule has 2 aromatic rings. The Morgan fingerprint density at radius 1 is 1.04 bits per heavy atom. The molecule has 2 aliphatic carbocycles. The Morgan fingerprint density at radius 3 is 2.70 bits per heavy atom. The normalized spacial score (nSPS) is 23.6. The van der Waals surface area contributed by atoms with Crippen molar-refractivity contribution >= 4 is 35.1 Å². The summed E-state index contributed by atoms with van der Waals surface area (Å²) in [6, 6.07) is 13.1. The summed E-state index contributed by atoms with van der Waals surface area (Å²) in [7, 11) is 0. The molecule has 27 heavy (non-hydrogen) atoms. The summed E-state index contributed by atoms with van der Waals surface area (Å²) in [4.78, 5) is 0. The van der Waals surface area contributed by atoms with Crippen molar-refractivity contribution < 1.29 is 0 Å². The average Bonchev–Trinajstić information content (AvgIpc) is 2.83. The number of fused-ring (bicyclic) bond motifs is 1. The van der Waals surface area contributed by atoms with Gasteiger partial charge in [-0.05, 0) is 77.8 Å². The topological polar surface area (TPSA) is 3.24 Å². The van der Waals surface area contributed by atoms with Gasteiger partial charge >= 0.3 is 0 Å². The van der Waals surface area contributed by atoms with Crippen LogP contribution < -0.4 is 0 Å². The Morgan fingerprint density at radius 2 is 1.93 bits per heavy atom. The van der Waals surface area contributed by atoms with Crippen LogP contribution in [0.3, 0.4) is 0 Å². The summed E-state index contributed by atoms with van der Waals surface area (Å²) in [5.41, 5.74) is 6.77. The molecule has 0 saturated heterocycles. The van der Waals surface area contributed by atoms with Crippen molar-refractivity contribution in [2.45, 2.75) is 62.2 Å². The average molecular weight is 418 g/mol. The van der Waals surface area contributed by atoms with Gasteiger partial charge in [-0.25, -0.2) is 4.31 Å². The van der Waals surface area contributed by atoms with Gasteiger partial charge in [0, 0.05) is 18.8 Å². The second-order valence-electron chi connectivity index (χ2n) is 8.42. The first-order valence-corrected chi connectivity index (χ1v) is 11.8. The minimum atomic E-state index is 0.532. The summed E-state index contributed by atoms with van der Waals surface area (Å²) in [5.74, 6) is 1.71. The third-order valence-electron chi connectivity index (χ3n) is 6.93. The number of rotatable bonds is 3. The van der Waals surface area contributed by atoms with E-state index in [0.717, 1.165) is 24.8 Å². The summed E-state index contributed by atoms with van der Waals surface area (Å²) in [6.45, 7) is 2.22. The smallest absolute Gasteiger partial charge is 0.0595 e. The second-order valence-corrected chi connectivity index (χ2v) is 10.3. The Balaban J connectivity index is 1.36. The van der Waals surface area contributed by atoms with Crippen LogP contribution in [0.25, 0.3) is 0 Å². The van der Waals surface area contributed by atoms with Crippen LogP contribution in [-0.4, -0.2) is 10.8 Å². The molecule has 5 rings (SSSR count). The Hall–Kier alpha value is -0.670. The molecule has 0 aromatic heterocycles. The van der Waals surface area contributed by atoms with E-state index in [9.17, 15) is 0 Å². The van der Waals surface area contributed by atoms with Gasteiger partial charge in [-0.1, -0.05) is 65.8 Å². The van der Waals surface area contributed by atoms with Crippen LogP contribution >= 0.6 is 35.1 Å². The van der Waals surface area contributed by atoms with Crippen LogP contribution in [0.4, 0.5) is 0 Å². The highest BCUT2D eigenvalue weighted by atomic mass is 35.5. The summed E-state index contributed by atoms with van der Waals surface area (Å²) in [6.07, 6.45) is 8.31. The van der Waals surface area contributed by atoms with Gasteiger partial charge in [0.1, 0.15) is 0 Å². The molecule has 142 valence electrons. The third kappa shape index (κ3) is 3.33. The van der Waals surface area contributed by atoms with Gasteiger partial charge in [0.05, 0.1) is 10.0 Å². The van der Waals surface area contributed by atoms with Crippen LogP contribution in [0, 0.1) is 0 Å². The molecule has 4 heteroatoms. The molecule has 0 amide bonds. The van der Waals surface area contributed by atoms with E-state index >= 15 is 0 Å². The Bertz CT molecular complexity index is 861. The number of hydrogen-bond donors (Lipinski definition) is 0. The molecule has 1 aliphatic heterocycles. The molecule has 0 N–H and O–H groups in total. The monoisotopic (exact) mass is 417 g/mol. The molecule has 1 spiro atoms. The van der Waals surface area contributed by atoms with Gasteiger partial charge in [0.2, 0.25) is 0 Å². The van der Waals surface area contributed by atoms with Crippen LogP contribution in [0.5, 0.6) is 0 Å². The predicted molar refractivity (Wildman–Crippen MR) is 117 cm³/mol. The molecule has 1 fully saturated rings. The van der Waals surface area contributed by atoms with Crippen molar-refractivity contribution in [1.82, 2.24) is 4.31 Å². The van der Waals surface area contributed by atoms with Crippen LogP contribution in [0.1, 0.15) is 66.7 Å². The highest BCUT2D eigenvalue weighted by Gasteiger charge is 2.45. The van der Waals surface area contributed by atoms with Gasteiger partial charge in [0.25, 0.3) is 0 Å². The molecule has 1 unspecified atom stereocenters. The lowest BCUT2D eigenvalue weighted by Crippen LogP contribution is -2.39. The summed E-state index contributed by atoms with van der Waals surface area (Å²) in [5, 5.41) is 1.28. The lowest BCUT2D eigenvalue weighted by molar-refractivity contribution is 0.197. The number of nitrogens with zero attached hydrogens (tertiary/aromatic N) is 1. The Labute approximate surface area is 176 Å². The van der Waals surface area contributed by atoms with Crippen molar-refractivity contribution in [3.8, 4) is 0 Å². The molecule has 2 aromatic carbocycles. The molecule has 1 atom stereocenters. The minimum Gasteiger partial charge on any atom is -0.246 e. The van der Waals surface area contributed by atoms with E-state index < -0.39 is 0 Å². The van der Waals surface area contributed by atoms with Crippen molar-refractivity contribution in [3.63, 3.8) is 0 Å². The zero-order valence-electron chi connectivity index (χ0n) is 15.5. The molecule has 3 aliphatic rings. The largest absolute Gasteiger partial charge is 0.246 e. The van der Waals surface area contributed by atoms with Crippen LogP contribution in [0.15, 0.2) is 36.4 Å². The fourth-order valence-electron chi connectivity index (χ4n) is 5.31. The molecule has 0 radical (unpaired) electrons. The van der Waals surface area contributed by atoms with Gasteiger partial charge in [-0.3, -0.25) is 0 Å². The summed E-state index contributed by atoms with van der Waals surface area (Å²) >= 11 is 14.2. The standard InChI is InChI=1S/C23H25Cl2NS/c24-20-6-5-16(13-21(20)25)15-27-26-12-8-17-7-11-23(9-2-10-23)19-4-1-3-18(14-26)22(17)19/h1,3-6,13,17H,2,7-12,14-15H2. The fraction of sp³-hybridized carbons (Fsp3) is 0.478. The summed E-state index contributed by atoms with van der Waals surface area (Å²) < 4.78 is 2.56. The minimum absolute atomic E-state index is 0.532. The van der Waals surface area contributed by atoms with Crippen LogP contribution in [-0.2, 0) is 17.7 Å². The van der Waals surface area contributed by atoms with E-state index in [2.05, 4.69) is 28.6 Å². The maximum absolute atomic E-state index is 6.18. The predicted octanol–water partition coefficient (Wildman–Crippen LogP) is 7.35. The lowest BCUT2D eigenvalue weighted by Gasteiger charge is -2.48. The highest BCUT2D eigenvalue weighted by Crippen LogP contribution is 2.55. The van der Waals surface area contributed by atoms with Gasteiger partial charge < -0.3 is 0 Å². The van der Waals surface area contributed by atoms with Gasteiger partial charge in [-0.2, -0.15) is 0 Å². The van der Waals surface area contributed by atoms with Gasteiger partial charge in [0.15, 0.2) is 0 Å². The maximum atomic E-state index is 6.18. The van der Waals surface area contributed by atoms with Crippen molar-refractivity contribution in [3.05, 3.63) is 68.7 Å². The Kier molecular flexibility index (Phi) is 4.96. The second kappa shape index (κ2) is 7.30. The van der Waals surface area contributed by atoms with E-state index in [0.29, 0.717) is 15.5 Å². The lowest BCUT2D eigenvalue weighted by atomic mass is 9.56. The molecule has 1 heterocycles. The molecular weight excluding hydrogens is 393 g/mol. The van der Waals surface area contributed by atoms with E-state index in [4.69, 9.17) is 23.2 Å². The molecule has 1 nitrogen and oxygen atoms in total.